The zero-order valence-corrected chi connectivity index (χ0v) is 21.8. The number of para-hydroxylation sites is 1. The molecule has 1 aliphatic carbocycles. The van der Waals surface area contributed by atoms with E-state index in [2.05, 4.69) is 31.2 Å². The number of hydrogen-bond donors (Lipinski definition) is 0. The van der Waals surface area contributed by atoms with Crippen LogP contribution in [0.1, 0.15) is 83.1 Å². The third-order valence-electron chi connectivity index (χ3n) is 7.85. The number of methoxy groups -OCH3 is 1. The molecule has 2 aromatic heterocycles. The van der Waals surface area contributed by atoms with Gasteiger partial charge in [0.15, 0.2) is 11.8 Å². The van der Waals surface area contributed by atoms with Crippen LogP contribution in [0.4, 0.5) is 0 Å². The minimum absolute atomic E-state index is 0.174. The molecule has 0 unspecified atom stereocenters. The monoisotopic (exact) mass is 478 g/mol. The first-order valence-electron chi connectivity index (χ1n) is 13.2. The number of pyridine rings is 1. The van der Waals surface area contributed by atoms with E-state index in [0.717, 1.165) is 52.5 Å². The zero-order valence-electron chi connectivity index (χ0n) is 21.8. The third kappa shape index (κ3) is 5.75. The Morgan fingerprint density at radius 1 is 1.17 bits per heavy atom. The molecule has 6 heteroatoms. The number of benzene rings is 1. The van der Waals surface area contributed by atoms with Crippen LogP contribution in [0, 0.1) is 0 Å². The molecule has 0 amide bonds. The van der Waals surface area contributed by atoms with E-state index in [9.17, 15) is 4.79 Å². The highest BCUT2D eigenvalue weighted by atomic mass is 16.5. The van der Waals surface area contributed by atoms with Gasteiger partial charge in [0.2, 0.25) is 5.88 Å². The molecular weight excluding hydrogens is 438 g/mol. The van der Waals surface area contributed by atoms with Crippen molar-refractivity contribution in [3.05, 3.63) is 42.4 Å². The maximum absolute atomic E-state index is 11.7. The largest absolute Gasteiger partial charge is 0.480 e. The quantitative estimate of drug-likeness (QED) is 0.209. The molecule has 3 aromatic rings. The highest BCUT2D eigenvalue weighted by Crippen LogP contribution is 2.40. The highest BCUT2D eigenvalue weighted by Gasteiger charge is 2.41. The molecule has 0 saturated heterocycles. The maximum atomic E-state index is 11.7. The summed E-state index contributed by atoms with van der Waals surface area (Å²) in [7, 11) is 6.32. The van der Waals surface area contributed by atoms with Crippen molar-refractivity contribution in [1.29, 1.82) is 0 Å². The molecule has 1 aliphatic rings. The lowest BCUT2D eigenvalue weighted by Gasteiger charge is -2.41. The first kappa shape index (κ1) is 25.4. The molecule has 188 valence electrons. The highest BCUT2D eigenvalue weighted by molar-refractivity contribution is 5.85. The predicted molar refractivity (Wildman–Crippen MR) is 139 cm³/mol. The summed E-state index contributed by atoms with van der Waals surface area (Å²) >= 11 is 0. The van der Waals surface area contributed by atoms with Crippen LogP contribution < -0.4 is 4.74 Å². The van der Waals surface area contributed by atoms with Crippen LogP contribution in [-0.2, 0) is 4.79 Å². The van der Waals surface area contributed by atoms with Gasteiger partial charge >= 0.3 is 0 Å². The number of hydrogen-bond acceptors (Lipinski definition) is 5. The van der Waals surface area contributed by atoms with Gasteiger partial charge in [0.25, 0.3) is 5.89 Å². The van der Waals surface area contributed by atoms with E-state index >= 15 is 0 Å². The van der Waals surface area contributed by atoms with Crippen molar-refractivity contribution < 1.29 is 18.4 Å². The number of aromatic nitrogens is 2. The standard InChI is InChI=1S/C29H40N3O3/c1-5-23(33)16-7-6-8-18-26(32(2,3)22-14-10-11-15-22)29-30-20-27(35-29)24-19-21-13-9-12-17-25(21)31-28(24)34-4/h9,12-13,17,19-20,22,26H,5-8,10-11,14-16,18H2,1-4H3/q+1/t26-/m0/s1. The number of unbranched alkanes of at least 4 members (excludes halogenated alkanes) is 2. The van der Waals surface area contributed by atoms with Crippen LogP contribution in [0.15, 0.2) is 40.9 Å². The first-order chi connectivity index (χ1) is 16.9. The molecule has 1 atom stereocenters. The molecule has 0 N–H and O–H groups in total. The average Bonchev–Trinajstić information content (AvgIpc) is 3.58. The summed E-state index contributed by atoms with van der Waals surface area (Å²) < 4.78 is 13.0. The van der Waals surface area contributed by atoms with E-state index < -0.39 is 0 Å². The van der Waals surface area contributed by atoms with E-state index in [1.165, 1.54) is 25.7 Å². The Hall–Kier alpha value is -2.73. The van der Waals surface area contributed by atoms with Crippen molar-refractivity contribution >= 4 is 16.7 Å². The number of nitrogens with zero attached hydrogens (tertiary/aromatic N) is 3. The smallest absolute Gasteiger partial charge is 0.254 e. The van der Waals surface area contributed by atoms with Gasteiger partial charge in [-0.25, -0.2) is 9.97 Å². The lowest BCUT2D eigenvalue weighted by Crippen LogP contribution is -2.50. The molecule has 2 heterocycles. The van der Waals surface area contributed by atoms with Crippen LogP contribution in [-0.4, -0.2) is 47.5 Å². The lowest BCUT2D eigenvalue weighted by molar-refractivity contribution is -0.945. The Morgan fingerprint density at radius 2 is 1.94 bits per heavy atom. The molecule has 1 fully saturated rings. The van der Waals surface area contributed by atoms with E-state index in [0.29, 0.717) is 36.3 Å². The van der Waals surface area contributed by atoms with Gasteiger partial charge < -0.3 is 13.6 Å². The summed E-state index contributed by atoms with van der Waals surface area (Å²) in [5.74, 6) is 2.39. The topological polar surface area (TPSA) is 65.2 Å². The van der Waals surface area contributed by atoms with Crippen molar-refractivity contribution in [2.75, 3.05) is 21.2 Å². The molecular formula is C29H40N3O3+. The molecule has 0 radical (unpaired) electrons. The molecule has 0 aliphatic heterocycles. The Kier molecular flexibility index (Phi) is 8.22. The Labute approximate surface area is 209 Å². The van der Waals surface area contributed by atoms with E-state index in [-0.39, 0.29) is 6.04 Å². The molecule has 4 rings (SSSR count). The normalized spacial score (nSPS) is 15.5. The van der Waals surface area contributed by atoms with E-state index in [1.807, 2.05) is 31.3 Å². The van der Waals surface area contributed by atoms with Crippen molar-refractivity contribution in [1.82, 2.24) is 9.97 Å². The number of quaternary nitrogens is 1. The molecule has 35 heavy (non-hydrogen) atoms. The van der Waals surface area contributed by atoms with Gasteiger partial charge in [-0.3, -0.25) is 4.79 Å². The Morgan fingerprint density at radius 3 is 2.69 bits per heavy atom. The SMILES string of the molecule is CCC(=O)CCCCC[C@@H](c1ncc(-c2cc3ccccc3nc2OC)o1)[N+](C)(C)C1CCCC1. The number of carbonyl (C=O) groups is 1. The van der Waals surface area contributed by atoms with Crippen molar-refractivity contribution in [2.24, 2.45) is 0 Å². The van der Waals surface area contributed by atoms with Gasteiger partial charge in [-0.1, -0.05) is 31.5 Å². The summed E-state index contributed by atoms with van der Waals surface area (Å²) in [5, 5.41) is 1.04. The fourth-order valence-electron chi connectivity index (χ4n) is 5.58. The number of ether oxygens (including phenoxy) is 1. The summed E-state index contributed by atoms with van der Waals surface area (Å²) in [4.78, 5) is 21.2. The van der Waals surface area contributed by atoms with Crippen molar-refractivity contribution in [2.45, 2.75) is 83.2 Å². The number of ketones is 1. The maximum Gasteiger partial charge on any atom is 0.254 e. The van der Waals surface area contributed by atoms with Gasteiger partial charge in [-0.05, 0) is 50.7 Å². The van der Waals surface area contributed by atoms with Gasteiger partial charge in [0.1, 0.15) is 5.78 Å². The molecule has 0 spiro atoms. The summed E-state index contributed by atoms with van der Waals surface area (Å²) in [6, 6.07) is 10.9. The summed E-state index contributed by atoms with van der Waals surface area (Å²) in [5.41, 5.74) is 1.72. The van der Waals surface area contributed by atoms with Gasteiger partial charge in [-0.15, -0.1) is 0 Å². The van der Waals surface area contributed by atoms with Crippen LogP contribution in [0.5, 0.6) is 5.88 Å². The van der Waals surface area contributed by atoms with Crippen molar-refractivity contribution in [3.63, 3.8) is 0 Å². The number of fused-ring (bicyclic) bond motifs is 1. The number of carbonyl (C=O) groups excluding carboxylic acids is 1. The molecule has 6 nitrogen and oxygen atoms in total. The fourth-order valence-corrected chi connectivity index (χ4v) is 5.58. The predicted octanol–water partition coefficient (Wildman–Crippen LogP) is 6.89. The summed E-state index contributed by atoms with van der Waals surface area (Å²) in [6.45, 7) is 1.94. The van der Waals surface area contributed by atoms with Gasteiger partial charge in [0.05, 0.1) is 44.5 Å². The first-order valence-corrected chi connectivity index (χ1v) is 13.2. The Balaban J connectivity index is 1.59. The number of rotatable bonds is 12. The second-order valence-electron chi connectivity index (χ2n) is 10.4. The van der Waals surface area contributed by atoms with Crippen LogP contribution >= 0.6 is 0 Å². The second kappa shape index (κ2) is 11.3. The lowest BCUT2D eigenvalue weighted by atomic mass is 10.0. The minimum atomic E-state index is 0.174. The molecule has 1 saturated carbocycles. The minimum Gasteiger partial charge on any atom is -0.480 e. The van der Waals surface area contributed by atoms with Crippen LogP contribution in [0.2, 0.25) is 0 Å². The second-order valence-corrected chi connectivity index (χ2v) is 10.4. The van der Waals surface area contributed by atoms with Crippen LogP contribution in [0.3, 0.4) is 0 Å². The van der Waals surface area contributed by atoms with Gasteiger partial charge in [0, 0.05) is 24.6 Å². The van der Waals surface area contributed by atoms with E-state index in [1.54, 1.807) is 7.11 Å². The number of Topliss-reactive ketones (excluding diaryl/α,β-unsaturated/α-hetero) is 1. The van der Waals surface area contributed by atoms with E-state index in [4.69, 9.17) is 14.1 Å². The van der Waals surface area contributed by atoms with Crippen LogP contribution in [0.25, 0.3) is 22.2 Å². The molecule has 0 bridgehead atoms. The Bertz CT molecular complexity index is 1130. The fraction of sp³-hybridized carbons (Fsp3) is 0.552. The third-order valence-corrected chi connectivity index (χ3v) is 7.85. The van der Waals surface area contributed by atoms with Crippen molar-refractivity contribution in [3.8, 4) is 17.2 Å². The molecule has 1 aromatic carbocycles. The number of oxazole rings is 1. The van der Waals surface area contributed by atoms with Gasteiger partial charge in [-0.2, -0.15) is 0 Å². The zero-order chi connectivity index (χ0) is 24.8. The summed E-state index contributed by atoms with van der Waals surface area (Å²) in [6.07, 6.45) is 12.4. The average molecular weight is 479 g/mol.